The SMILES string of the molecule is c1cccc(-c2cncc(-c3ccccc3)c2-c2sc(-c3ccccc3)c3c2CCC=C3)c#1. The van der Waals surface area contributed by atoms with E-state index in [-0.39, 0.29) is 0 Å². The van der Waals surface area contributed by atoms with Gasteiger partial charge in [-0.1, -0.05) is 91.0 Å². The van der Waals surface area contributed by atoms with E-state index < -0.39 is 0 Å². The molecule has 0 amide bonds. The third-order valence-electron chi connectivity index (χ3n) is 6.13. The summed E-state index contributed by atoms with van der Waals surface area (Å²) in [6.45, 7) is 0. The molecule has 1 aliphatic rings. The fourth-order valence-corrected chi connectivity index (χ4v) is 6.01. The quantitative estimate of drug-likeness (QED) is 0.274. The number of thiophene rings is 1. The summed E-state index contributed by atoms with van der Waals surface area (Å²) < 4.78 is 0. The average Bonchev–Trinajstić information content (AvgIpc) is 3.29. The second-order valence-electron chi connectivity index (χ2n) is 8.14. The lowest BCUT2D eigenvalue weighted by molar-refractivity contribution is 0.996. The van der Waals surface area contributed by atoms with Crippen molar-refractivity contribution in [1.82, 2.24) is 4.98 Å². The zero-order valence-electron chi connectivity index (χ0n) is 18.1. The minimum atomic E-state index is 1.02. The summed E-state index contributed by atoms with van der Waals surface area (Å²) in [5.41, 5.74) is 9.77. The third kappa shape index (κ3) is 3.57. The van der Waals surface area contributed by atoms with Crippen LogP contribution in [0, 0.1) is 12.1 Å². The molecule has 2 heteroatoms. The smallest absolute Gasteiger partial charge is 0.0424 e. The molecule has 0 atom stereocenters. The number of rotatable bonds is 4. The van der Waals surface area contributed by atoms with Crippen LogP contribution in [0.3, 0.4) is 0 Å². The number of hydrogen-bond donors (Lipinski definition) is 0. The maximum atomic E-state index is 4.66. The highest BCUT2D eigenvalue weighted by Gasteiger charge is 2.25. The molecule has 0 spiro atoms. The number of benzene rings is 2. The molecular weight excluding hydrogens is 418 g/mol. The maximum absolute atomic E-state index is 4.66. The lowest BCUT2D eigenvalue weighted by Crippen LogP contribution is -1.96. The first-order chi connectivity index (χ1) is 16.4. The molecule has 0 N–H and O–H groups in total. The Balaban J connectivity index is 1.68. The molecule has 156 valence electrons. The van der Waals surface area contributed by atoms with Crippen LogP contribution in [0.1, 0.15) is 17.5 Å². The Morgan fingerprint density at radius 2 is 1.52 bits per heavy atom. The Bertz CT molecular complexity index is 1370. The molecule has 0 aliphatic heterocycles. The summed E-state index contributed by atoms with van der Waals surface area (Å²) in [6.07, 6.45) is 10.7. The van der Waals surface area contributed by atoms with Gasteiger partial charge in [0.1, 0.15) is 0 Å². The summed E-state index contributed by atoms with van der Waals surface area (Å²) in [5, 5.41) is 0. The van der Waals surface area contributed by atoms with Crippen LogP contribution in [0.2, 0.25) is 0 Å². The van der Waals surface area contributed by atoms with Gasteiger partial charge in [-0.05, 0) is 47.2 Å². The summed E-state index contributed by atoms with van der Waals surface area (Å²) in [6, 6.07) is 33.8. The first-order valence-electron chi connectivity index (χ1n) is 11.2. The highest BCUT2D eigenvalue weighted by atomic mass is 32.1. The molecule has 2 aromatic heterocycles. The molecule has 1 nitrogen and oxygen atoms in total. The summed E-state index contributed by atoms with van der Waals surface area (Å²) >= 11 is 1.90. The average molecular weight is 440 g/mol. The van der Waals surface area contributed by atoms with Crippen LogP contribution in [0.4, 0.5) is 0 Å². The third-order valence-corrected chi connectivity index (χ3v) is 7.44. The van der Waals surface area contributed by atoms with Crippen molar-refractivity contribution in [3.8, 4) is 43.1 Å². The number of aromatic nitrogens is 1. The lowest BCUT2D eigenvalue weighted by Gasteiger charge is -2.16. The minimum absolute atomic E-state index is 1.02. The predicted molar refractivity (Wildman–Crippen MR) is 139 cm³/mol. The van der Waals surface area contributed by atoms with E-state index in [1.807, 2.05) is 35.9 Å². The van der Waals surface area contributed by atoms with Crippen molar-refractivity contribution in [2.75, 3.05) is 0 Å². The first-order valence-corrected chi connectivity index (χ1v) is 12.0. The number of nitrogens with zero attached hydrogens (tertiary/aromatic N) is 1. The van der Waals surface area contributed by atoms with Gasteiger partial charge in [0.2, 0.25) is 0 Å². The van der Waals surface area contributed by atoms with E-state index in [1.165, 1.54) is 37.6 Å². The van der Waals surface area contributed by atoms with Crippen LogP contribution in [-0.4, -0.2) is 4.98 Å². The highest BCUT2D eigenvalue weighted by Crippen LogP contribution is 2.49. The van der Waals surface area contributed by atoms with Crippen LogP contribution in [0.5, 0.6) is 0 Å². The Morgan fingerprint density at radius 3 is 2.27 bits per heavy atom. The standard InChI is InChI=1S/C31H21NS/c1-4-12-22(13-5-1)27-20-32-21-28(23-14-6-2-7-15-23)29(27)31-26-19-11-10-18-25(26)30(33-31)24-16-8-3-9-17-24/h1-6,8-10,12-14,16-18,20-21H,11,19H2. The molecule has 0 bridgehead atoms. The van der Waals surface area contributed by atoms with E-state index in [0.29, 0.717) is 0 Å². The summed E-state index contributed by atoms with van der Waals surface area (Å²) in [7, 11) is 0. The van der Waals surface area contributed by atoms with E-state index in [1.54, 1.807) is 0 Å². The van der Waals surface area contributed by atoms with Gasteiger partial charge in [0.05, 0.1) is 0 Å². The fourth-order valence-electron chi connectivity index (χ4n) is 4.59. The Kier molecular flexibility index (Phi) is 5.11. The van der Waals surface area contributed by atoms with Crippen molar-refractivity contribution in [3.05, 3.63) is 121 Å². The largest absolute Gasteiger partial charge is 0.263 e. The van der Waals surface area contributed by atoms with E-state index in [9.17, 15) is 0 Å². The number of fused-ring (bicyclic) bond motifs is 1. The van der Waals surface area contributed by atoms with Gasteiger partial charge in [-0.3, -0.25) is 4.98 Å². The molecule has 33 heavy (non-hydrogen) atoms. The van der Waals surface area contributed by atoms with E-state index >= 15 is 0 Å². The van der Waals surface area contributed by atoms with E-state index in [2.05, 4.69) is 96.0 Å². The molecule has 0 saturated heterocycles. The van der Waals surface area contributed by atoms with Crippen molar-refractivity contribution in [1.29, 1.82) is 0 Å². The van der Waals surface area contributed by atoms with Gasteiger partial charge >= 0.3 is 0 Å². The van der Waals surface area contributed by atoms with Crippen LogP contribution < -0.4 is 0 Å². The normalized spacial score (nSPS) is 12.2. The molecule has 2 heterocycles. The molecular formula is C31H21NS. The second kappa shape index (κ2) is 8.54. The molecule has 3 aromatic carbocycles. The van der Waals surface area contributed by atoms with Crippen molar-refractivity contribution in [3.63, 3.8) is 0 Å². The Morgan fingerprint density at radius 1 is 0.758 bits per heavy atom. The van der Waals surface area contributed by atoms with Crippen LogP contribution in [0.25, 0.3) is 49.2 Å². The lowest BCUT2D eigenvalue weighted by atomic mass is 9.88. The van der Waals surface area contributed by atoms with Gasteiger partial charge in [0.25, 0.3) is 0 Å². The van der Waals surface area contributed by atoms with Gasteiger partial charge in [-0.2, -0.15) is 0 Å². The summed E-state index contributed by atoms with van der Waals surface area (Å²) in [5.74, 6) is 0. The molecule has 0 fully saturated rings. The number of pyridine rings is 1. The zero-order valence-corrected chi connectivity index (χ0v) is 18.9. The van der Waals surface area contributed by atoms with Gasteiger partial charge in [-0.25, -0.2) is 0 Å². The number of allylic oxidation sites excluding steroid dienone is 1. The Hall–Kier alpha value is -3.93. The topological polar surface area (TPSA) is 12.9 Å². The molecule has 6 rings (SSSR count). The maximum Gasteiger partial charge on any atom is 0.0424 e. The van der Waals surface area contributed by atoms with Gasteiger partial charge in [0, 0.05) is 44.4 Å². The first kappa shape index (κ1) is 19.7. The van der Waals surface area contributed by atoms with Gasteiger partial charge < -0.3 is 0 Å². The molecule has 0 radical (unpaired) electrons. The van der Waals surface area contributed by atoms with Crippen molar-refractivity contribution in [2.45, 2.75) is 12.8 Å². The number of hydrogen-bond acceptors (Lipinski definition) is 2. The van der Waals surface area contributed by atoms with Crippen LogP contribution in [0.15, 0.2) is 97.3 Å². The highest BCUT2D eigenvalue weighted by molar-refractivity contribution is 7.19. The van der Waals surface area contributed by atoms with Crippen LogP contribution >= 0.6 is 11.3 Å². The van der Waals surface area contributed by atoms with Gasteiger partial charge in [-0.15, -0.1) is 11.3 Å². The van der Waals surface area contributed by atoms with E-state index in [0.717, 1.165) is 29.5 Å². The Labute approximate surface area is 198 Å². The molecule has 0 unspecified atom stereocenters. The molecule has 5 aromatic rings. The second-order valence-corrected chi connectivity index (χ2v) is 9.16. The summed E-state index contributed by atoms with van der Waals surface area (Å²) in [4.78, 5) is 7.33. The van der Waals surface area contributed by atoms with Crippen molar-refractivity contribution >= 4 is 17.4 Å². The zero-order chi connectivity index (χ0) is 22.0. The minimum Gasteiger partial charge on any atom is -0.263 e. The monoisotopic (exact) mass is 439 g/mol. The van der Waals surface area contributed by atoms with Gasteiger partial charge in [0.15, 0.2) is 0 Å². The predicted octanol–water partition coefficient (Wildman–Crippen LogP) is 8.37. The fraction of sp³-hybridized carbons (Fsp3) is 0.0645. The van der Waals surface area contributed by atoms with Crippen molar-refractivity contribution in [2.24, 2.45) is 0 Å². The van der Waals surface area contributed by atoms with Crippen LogP contribution in [-0.2, 0) is 6.42 Å². The van der Waals surface area contributed by atoms with E-state index in [4.69, 9.17) is 0 Å². The molecule has 1 aliphatic carbocycles. The van der Waals surface area contributed by atoms with Crippen molar-refractivity contribution < 1.29 is 0 Å². The molecule has 0 saturated carbocycles.